The number of anilines is 1. The Morgan fingerprint density at radius 2 is 1.91 bits per heavy atom. The van der Waals surface area contributed by atoms with E-state index in [1.807, 2.05) is 0 Å². The quantitative estimate of drug-likeness (QED) is 0.793. The summed E-state index contributed by atoms with van der Waals surface area (Å²) in [6.07, 6.45) is 4.10. The van der Waals surface area contributed by atoms with Gasteiger partial charge in [0.1, 0.15) is 0 Å². The topological polar surface area (TPSA) is 70.2 Å². The van der Waals surface area contributed by atoms with Gasteiger partial charge in [0.2, 0.25) is 11.8 Å². The molecule has 0 radical (unpaired) electrons. The lowest BCUT2D eigenvalue weighted by Crippen LogP contribution is -2.65. The van der Waals surface area contributed by atoms with Crippen LogP contribution in [-0.2, 0) is 9.59 Å². The number of piperazine rings is 1. The molecule has 1 heterocycles. The fraction of sp³-hybridized carbons (Fsp3) is 0.500. The monoisotopic (exact) mass is 323 g/mol. The molecule has 1 aliphatic carbocycles. The lowest BCUT2D eigenvalue weighted by Gasteiger charge is -2.40. The van der Waals surface area contributed by atoms with E-state index < -0.39 is 23.6 Å². The van der Waals surface area contributed by atoms with Crippen molar-refractivity contribution in [1.29, 1.82) is 0 Å². The SMILES string of the molecule is O=C(C[C@@H]1N[C@H]2CCCC[C@@H]2NC1=O)Nc1ccc(F)c(F)c1. The predicted molar refractivity (Wildman–Crippen MR) is 80.7 cm³/mol. The molecule has 124 valence electrons. The zero-order valence-corrected chi connectivity index (χ0v) is 12.6. The van der Waals surface area contributed by atoms with E-state index in [4.69, 9.17) is 0 Å². The van der Waals surface area contributed by atoms with Crippen LogP contribution in [0.2, 0.25) is 0 Å². The molecule has 0 unspecified atom stereocenters. The van der Waals surface area contributed by atoms with Crippen molar-refractivity contribution in [2.45, 2.75) is 50.2 Å². The van der Waals surface area contributed by atoms with Crippen molar-refractivity contribution in [3.63, 3.8) is 0 Å². The van der Waals surface area contributed by atoms with Crippen molar-refractivity contribution >= 4 is 17.5 Å². The van der Waals surface area contributed by atoms with Gasteiger partial charge in [0, 0.05) is 23.8 Å². The number of benzene rings is 1. The van der Waals surface area contributed by atoms with Gasteiger partial charge in [-0.3, -0.25) is 9.59 Å². The third kappa shape index (κ3) is 3.67. The van der Waals surface area contributed by atoms with Crippen LogP contribution in [0.5, 0.6) is 0 Å². The van der Waals surface area contributed by atoms with Crippen LogP contribution in [0, 0.1) is 11.6 Å². The molecular formula is C16H19F2N3O2. The normalized spacial score (nSPS) is 27.0. The van der Waals surface area contributed by atoms with Gasteiger partial charge in [-0.2, -0.15) is 0 Å². The molecule has 7 heteroatoms. The summed E-state index contributed by atoms with van der Waals surface area (Å²) in [6, 6.07) is 2.88. The molecule has 0 aromatic heterocycles. The minimum Gasteiger partial charge on any atom is -0.350 e. The molecule has 1 aliphatic heterocycles. The van der Waals surface area contributed by atoms with E-state index in [1.54, 1.807) is 0 Å². The first-order chi connectivity index (χ1) is 11.0. The van der Waals surface area contributed by atoms with Crippen LogP contribution in [0.4, 0.5) is 14.5 Å². The molecule has 23 heavy (non-hydrogen) atoms. The summed E-state index contributed by atoms with van der Waals surface area (Å²) in [5, 5.41) is 8.68. The molecule has 2 aliphatic rings. The largest absolute Gasteiger partial charge is 0.350 e. The van der Waals surface area contributed by atoms with Gasteiger partial charge in [0.05, 0.1) is 12.5 Å². The average Bonchev–Trinajstić information content (AvgIpc) is 2.51. The van der Waals surface area contributed by atoms with Crippen LogP contribution < -0.4 is 16.0 Å². The zero-order valence-electron chi connectivity index (χ0n) is 12.6. The third-order valence-electron chi connectivity index (χ3n) is 4.42. The van der Waals surface area contributed by atoms with Crippen molar-refractivity contribution < 1.29 is 18.4 Å². The highest BCUT2D eigenvalue weighted by atomic mass is 19.2. The third-order valence-corrected chi connectivity index (χ3v) is 4.42. The van der Waals surface area contributed by atoms with E-state index in [2.05, 4.69) is 16.0 Å². The number of carbonyl (C=O) groups is 2. The Labute approximate surface area is 132 Å². The smallest absolute Gasteiger partial charge is 0.237 e. The van der Waals surface area contributed by atoms with Gasteiger partial charge in [-0.15, -0.1) is 0 Å². The Balaban J connectivity index is 1.58. The molecular weight excluding hydrogens is 304 g/mol. The van der Waals surface area contributed by atoms with Crippen LogP contribution in [0.15, 0.2) is 18.2 Å². The Bertz CT molecular complexity index is 623. The van der Waals surface area contributed by atoms with Crippen LogP contribution in [0.25, 0.3) is 0 Å². The van der Waals surface area contributed by atoms with Crippen molar-refractivity contribution in [1.82, 2.24) is 10.6 Å². The van der Waals surface area contributed by atoms with Gasteiger partial charge in [-0.1, -0.05) is 12.8 Å². The van der Waals surface area contributed by atoms with Crippen LogP contribution in [0.1, 0.15) is 32.1 Å². The maximum Gasteiger partial charge on any atom is 0.237 e. The van der Waals surface area contributed by atoms with Crippen LogP contribution >= 0.6 is 0 Å². The van der Waals surface area contributed by atoms with Crippen molar-refractivity contribution in [2.24, 2.45) is 0 Å². The molecule has 3 atom stereocenters. The molecule has 2 amide bonds. The molecule has 1 saturated carbocycles. The molecule has 2 fully saturated rings. The standard InChI is InChI=1S/C16H19F2N3O2/c17-10-6-5-9(7-11(10)18)19-15(22)8-14-16(23)21-13-4-2-1-3-12(13)20-14/h5-7,12-14,20H,1-4,8H2,(H,19,22)(H,21,23)/t12-,13-,14-/m0/s1. The number of fused-ring (bicyclic) bond motifs is 1. The fourth-order valence-electron chi connectivity index (χ4n) is 3.24. The fourth-order valence-corrected chi connectivity index (χ4v) is 3.24. The first kappa shape index (κ1) is 15.9. The Hall–Kier alpha value is -2.02. The summed E-state index contributed by atoms with van der Waals surface area (Å²) < 4.78 is 26.0. The van der Waals surface area contributed by atoms with E-state index in [-0.39, 0.29) is 30.1 Å². The molecule has 0 spiro atoms. The molecule has 5 nitrogen and oxygen atoms in total. The van der Waals surface area contributed by atoms with E-state index in [0.717, 1.165) is 37.8 Å². The number of halogens is 2. The van der Waals surface area contributed by atoms with Gasteiger partial charge < -0.3 is 16.0 Å². The molecule has 1 aromatic carbocycles. The zero-order chi connectivity index (χ0) is 16.4. The van der Waals surface area contributed by atoms with Gasteiger partial charge in [-0.25, -0.2) is 8.78 Å². The average molecular weight is 323 g/mol. The summed E-state index contributed by atoms with van der Waals surface area (Å²) in [5.41, 5.74) is 0.167. The minimum atomic E-state index is -1.03. The van der Waals surface area contributed by atoms with Gasteiger partial charge in [-0.05, 0) is 25.0 Å². The first-order valence-corrected chi connectivity index (χ1v) is 7.84. The van der Waals surface area contributed by atoms with E-state index in [9.17, 15) is 18.4 Å². The summed E-state index contributed by atoms with van der Waals surface area (Å²) >= 11 is 0. The Morgan fingerprint density at radius 1 is 1.17 bits per heavy atom. The second kappa shape index (κ2) is 6.62. The van der Waals surface area contributed by atoms with Gasteiger partial charge in [0.15, 0.2) is 11.6 Å². The number of carbonyl (C=O) groups excluding carboxylic acids is 2. The maximum atomic E-state index is 13.1. The first-order valence-electron chi connectivity index (χ1n) is 7.84. The summed E-state index contributed by atoms with van der Waals surface area (Å²) in [6.45, 7) is 0. The van der Waals surface area contributed by atoms with Crippen molar-refractivity contribution in [3.8, 4) is 0 Å². The highest BCUT2D eigenvalue weighted by molar-refractivity contribution is 5.95. The molecule has 3 N–H and O–H groups in total. The highest BCUT2D eigenvalue weighted by Crippen LogP contribution is 2.22. The number of nitrogens with one attached hydrogen (secondary N) is 3. The molecule has 0 bridgehead atoms. The number of hydrogen-bond donors (Lipinski definition) is 3. The summed E-state index contributed by atoms with van der Waals surface area (Å²) in [4.78, 5) is 24.1. The van der Waals surface area contributed by atoms with Crippen molar-refractivity contribution in [2.75, 3.05) is 5.32 Å². The summed E-state index contributed by atoms with van der Waals surface area (Å²) in [5.74, 6) is -2.60. The van der Waals surface area contributed by atoms with Crippen molar-refractivity contribution in [3.05, 3.63) is 29.8 Å². The lowest BCUT2D eigenvalue weighted by atomic mass is 9.87. The Morgan fingerprint density at radius 3 is 2.65 bits per heavy atom. The minimum absolute atomic E-state index is 0.0476. The molecule has 1 aromatic rings. The highest BCUT2D eigenvalue weighted by Gasteiger charge is 2.36. The van der Waals surface area contributed by atoms with E-state index in [1.165, 1.54) is 6.07 Å². The number of hydrogen-bond acceptors (Lipinski definition) is 3. The van der Waals surface area contributed by atoms with Crippen LogP contribution in [0.3, 0.4) is 0 Å². The second-order valence-electron chi connectivity index (χ2n) is 6.11. The second-order valence-corrected chi connectivity index (χ2v) is 6.11. The van der Waals surface area contributed by atoms with E-state index in [0.29, 0.717) is 0 Å². The number of amides is 2. The molecule has 3 rings (SSSR count). The molecule has 1 saturated heterocycles. The van der Waals surface area contributed by atoms with Crippen LogP contribution in [-0.4, -0.2) is 29.9 Å². The number of rotatable bonds is 3. The predicted octanol–water partition coefficient (Wildman–Crippen LogP) is 1.69. The summed E-state index contributed by atoms with van der Waals surface area (Å²) in [7, 11) is 0. The lowest BCUT2D eigenvalue weighted by molar-refractivity contribution is -0.129. The maximum absolute atomic E-state index is 13.1. The van der Waals surface area contributed by atoms with Gasteiger partial charge in [0.25, 0.3) is 0 Å². The van der Waals surface area contributed by atoms with E-state index >= 15 is 0 Å². The Kier molecular flexibility index (Phi) is 4.56. The van der Waals surface area contributed by atoms with Gasteiger partial charge >= 0.3 is 0 Å².